The molecule has 2 aliphatic rings. The summed E-state index contributed by atoms with van der Waals surface area (Å²) in [6, 6.07) is 9.02. The zero-order chi connectivity index (χ0) is 11.7. The molecule has 1 heterocycles. The molecule has 0 radical (unpaired) electrons. The highest BCUT2D eigenvalue weighted by Gasteiger charge is 2.43. The van der Waals surface area contributed by atoms with E-state index in [0.29, 0.717) is 12.1 Å². The second-order valence-corrected chi connectivity index (χ2v) is 4.91. The lowest BCUT2D eigenvalue weighted by Crippen LogP contribution is -2.45. The number of nitrogens with one attached hydrogen (secondary N) is 2. The van der Waals surface area contributed by atoms with E-state index in [1.165, 1.54) is 24.0 Å². The molecular formula is C13H19BN2O. The number of rotatable bonds is 4. The molecule has 2 atom stereocenters. The van der Waals surface area contributed by atoms with E-state index < -0.39 is 0 Å². The van der Waals surface area contributed by atoms with Crippen molar-refractivity contribution in [2.45, 2.75) is 38.3 Å². The van der Waals surface area contributed by atoms with Crippen LogP contribution >= 0.6 is 0 Å². The van der Waals surface area contributed by atoms with Crippen LogP contribution in [0.2, 0.25) is 0 Å². The molecule has 0 aromatic heterocycles. The quantitative estimate of drug-likeness (QED) is 0.609. The normalized spacial score (nSPS) is 26.1. The maximum atomic E-state index is 5.99. The highest BCUT2D eigenvalue weighted by atomic mass is 16.5. The Morgan fingerprint density at radius 3 is 3.24 bits per heavy atom. The Morgan fingerprint density at radius 2 is 2.35 bits per heavy atom. The van der Waals surface area contributed by atoms with Gasteiger partial charge in [-0.15, -0.1) is 0 Å². The van der Waals surface area contributed by atoms with Crippen LogP contribution in [-0.4, -0.2) is 19.8 Å². The van der Waals surface area contributed by atoms with Gasteiger partial charge in [0.1, 0.15) is 0 Å². The fraction of sp³-hybridized carbons (Fsp3) is 0.538. The van der Waals surface area contributed by atoms with Crippen LogP contribution in [0.15, 0.2) is 24.3 Å². The Bertz CT molecular complexity index is 399. The van der Waals surface area contributed by atoms with Crippen LogP contribution in [0.3, 0.4) is 0 Å². The van der Waals surface area contributed by atoms with Crippen molar-refractivity contribution in [3.8, 4) is 0 Å². The molecule has 2 N–H and O–H groups in total. The van der Waals surface area contributed by atoms with E-state index in [4.69, 9.17) is 4.65 Å². The van der Waals surface area contributed by atoms with Crippen LogP contribution in [0.1, 0.15) is 36.9 Å². The number of unbranched alkanes of at least 4 members (excludes halogenated alkanes) is 1. The molecule has 3 rings (SSSR count). The van der Waals surface area contributed by atoms with Gasteiger partial charge in [0, 0.05) is 0 Å². The second-order valence-electron chi connectivity index (χ2n) is 4.91. The van der Waals surface area contributed by atoms with Crippen molar-refractivity contribution in [1.82, 2.24) is 10.5 Å². The van der Waals surface area contributed by atoms with Crippen LogP contribution in [0.5, 0.6) is 0 Å². The van der Waals surface area contributed by atoms with E-state index in [-0.39, 0.29) is 7.19 Å². The molecule has 3 nitrogen and oxygen atoms in total. The molecule has 4 heteroatoms. The van der Waals surface area contributed by atoms with Gasteiger partial charge in [-0.1, -0.05) is 37.6 Å². The molecule has 17 heavy (non-hydrogen) atoms. The van der Waals surface area contributed by atoms with Crippen LogP contribution < -0.4 is 10.5 Å². The summed E-state index contributed by atoms with van der Waals surface area (Å²) in [6.45, 7) is 3.23. The fourth-order valence-corrected chi connectivity index (χ4v) is 2.78. The average Bonchev–Trinajstić information content (AvgIpc) is 2.86. The summed E-state index contributed by atoms with van der Waals surface area (Å²) < 4.78 is 5.99. The third kappa shape index (κ3) is 2.13. The predicted molar refractivity (Wildman–Crippen MR) is 69.6 cm³/mol. The summed E-state index contributed by atoms with van der Waals surface area (Å²) >= 11 is 0. The highest BCUT2D eigenvalue weighted by Crippen LogP contribution is 2.36. The standard InChI is InChI=1S/C13H19BN2O/c1-2-3-8-15-14-16-13-11-7-5-4-6-10(11)9-12(13)17-14/h4-7,12-13,15-16H,2-3,8-9H2,1H3. The third-order valence-electron chi connectivity index (χ3n) is 3.68. The summed E-state index contributed by atoms with van der Waals surface area (Å²) in [7, 11) is 0.0323. The summed E-state index contributed by atoms with van der Waals surface area (Å²) in [5.41, 5.74) is 2.85. The Hall–Kier alpha value is -0.835. The molecule has 1 aromatic rings. The summed E-state index contributed by atoms with van der Waals surface area (Å²) in [5, 5.41) is 6.94. The molecule has 0 bridgehead atoms. The number of hydrogen-bond acceptors (Lipinski definition) is 3. The molecule has 1 aliphatic heterocycles. The first-order valence-corrected chi connectivity index (χ1v) is 6.61. The smallest absolute Gasteiger partial charge is 0.403 e. The lowest BCUT2D eigenvalue weighted by Gasteiger charge is -2.10. The fourth-order valence-electron chi connectivity index (χ4n) is 2.78. The monoisotopic (exact) mass is 230 g/mol. The Morgan fingerprint density at radius 1 is 1.47 bits per heavy atom. The molecule has 0 amide bonds. The minimum atomic E-state index is 0.0323. The predicted octanol–water partition coefficient (Wildman–Crippen LogP) is 1.65. The van der Waals surface area contributed by atoms with Crippen LogP contribution in [0.4, 0.5) is 0 Å². The van der Waals surface area contributed by atoms with Gasteiger partial charge in [-0.3, -0.25) is 0 Å². The first kappa shape index (κ1) is 11.3. The van der Waals surface area contributed by atoms with Gasteiger partial charge >= 0.3 is 7.19 Å². The van der Waals surface area contributed by atoms with Gasteiger partial charge < -0.3 is 15.1 Å². The summed E-state index contributed by atoms with van der Waals surface area (Å²) in [4.78, 5) is 0. The molecule has 0 saturated carbocycles. The summed E-state index contributed by atoms with van der Waals surface area (Å²) in [5.74, 6) is 0. The van der Waals surface area contributed by atoms with Gasteiger partial charge in [-0.25, -0.2) is 0 Å². The summed E-state index contributed by atoms with van der Waals surface area (Å²) in [6.07, 6.45) is 3.77. The SMILES string of the molecule is CCCCNB1NC2c3ccccc3CC2O1. The van der Waals surface area contributed by atoms with Crippen molar-refractivity contribution in [1.29, 1.82) is 0 Å². The minimum Gasteiger partial charge on any atom is -0.403 e. The molecule has 1 aliphatic carbocycles. The Kier molecular flexibility index (Phi) is 3.18. The lowest BCUT2D eigenvalue weighted by atomic mass is 10.00. The van der Waals surface area contributed by atoms with E-state index in [2.05, 4.69) is 41.6 Å². The zero-order valence-electron chi connectivity index (χ0n) is 10.3. The number of hydrogen-bond donors (Lipinski definition) is 2. The molecular weight excluding hydrogens is 211 g/mol. The van der Waals surface area contributed by atoms with Crippen molar-refractivity contribution < 1.29 is 4.65 Å². The van der Waals surface area contributed by atoms with Crippen molar-refractivity contribution in [3.05, 3.63) is 35.4 Å². The Labute approximate surface area is 103 Å². The van der Waals surface area contributed by atoms with Crippen LogP contribution in [0, 0.1) is 0 Å². The molecule has 90 valence electrons. The third-order valence-corrected chi connectivity index (χ3v) is 3.68. The van der Waals surface area contributed by atoms with Crippen LogP contribution in [-0.2, 0) is 11.1 Å². The van der Waals surface area contributed by atoms with Crippen molar-refractivity contribution in [2.24, 2.45) is 0 Å². The topological polar surface area (TPSA) is 33.3 Å². The maximum absolute atomic E-state index is 5.99. The lowest BCUT2D eigenvalue weighted by molar-refractivity contribution is 0.220. The molecule has 1 fully saturated rings. The highest BCUT2D eigenvalue weighted by molar-refractivity contribution is 6.46. The van der Waals surface area contributed by atoms with E-state index in [1.807, 2.05) is 0 Å². The number of fused-ring (bicyclic) bond motifs is 3. The van der Waals surface area contributed by atoms with E-state index >= 15 is 0 Å². The molecule has 0 spiro atoms. The van der Waals surface area contributed by atoms with Crippen LogP contribution in [0.25, 0.3) is 0 Å². The van der Waals surface area contributed by atoms with Gasteiger partial charge in [0.05, 0.1) is 12.1 Å². The zero-order valence-corrected chi connectivity index (χ0v) is 10.3. The van der Waals surface area contributed by atoms with Gasteiger partial charge in [-0.2, -0.15) is 0 Å². The molecule has 2 unspecified atom stereocenters. The van der Waals surface area contributed by atoms with E-state index in [0.717, 1.165) is 13.0 Å². The van der Waals surface area contributed by atoms with Gasteiger partial charge in [0.15, 0.2) is 0 Å². The van der Waals surface area contributed by atoms with Gasteiger partial charge in [-0.05, 0) is 30.5 Å². The minimum absolute atomic E-state index is 0.0323. The average molecular weight is 230 g/mol. The second kappa shape index (κ2) is 4.80. The van der Waals surface area contributed by atoms with E-state index in [1.54, 1.807) is 0 Å². The molecule has 1 saturated heterocycles. The van der Waals surface area contributed by atoms with E-state index in [9.17, 15) is 0 Å². The van der Waals surface area contributed by atoms with Gasteiger partial charge in [0.25, 0.3) is 0 Å². The number of benzene rings is 1. The van der Waals surface area contributed by atoms with Gasteiger partial charge in [0.2, 0.25) is 0 Å². The van der Waals surface area contributed by atoms with Crippen molar-refractivity contribution >= 4 is 7.19 Å². The first-order valence-electron chi connectivity index (χ1n) is 6.61. The van der Waals surface area contributed by atoms with Crippen molar-refractivity contribution in [2.75, 3.05) is 6.54 Å². The largest absolute Gasteiger partial charge is 0.474 e. The first-order chi connectivity index (χ1) is 8.38. The Balaban J connectivity index is 1.63. The van der Waals surface area contributed by atoms with Crippen molar-refractivity contribution in [3.63, 3.8) is 0 Å². The maximum Gasteiger partial charge on any atom is 0.474 e. The molecule has 1 aromatic carbocycles.